The van der Waals surface area contributed by atoms with Gasteiger partial charge in [0.2, 0.25) is 0 Å². The van der Waals surface area contributed by atoms with E-state index in [-0.39, 0.29) is 25.2 Å². The summed E-state index contributed by atoms with van der Waals surface area (Å²) < 4.78 is 16.7. The Bertz CT molecular complexity index is 888. The molecule has 1 saturated heterocycles. The third kappa shape index (κ3) is 29.4. The van der Waals surface area contributed by atoms with Crippen molar-refractivity contribution in [2.24, 2.45) is 5.92 Å². The lowest BCUT2D eigenvalue weighted by molar-refractivity contribution is -0.161. The Morgan fingerprint density at radius 2 is 0.981 bits per heavy atom. The summed E-state index contributed by atoms with van der Waals surface area (Å²) in [7, 11) is 4.05. The van der Waals surface area contributed by atoms with Gasteiger partial charge in [0, 0.05) is 38.4 Å². The summed E-state index contributed by atoms with van der Waals surface area (Å²) >= 11 is 0. The first kappa shape index (κ1) is 47.9. The van der Waals surface area contributed by atoms with Crippen LogP contribution in [0.3, 0.4) is 0 Å². The number of hydrogen-bond acceptors (Lipinski definition) is 7. The average Bonchev–Trinajstić information content (AvgIpc) is 3.10. The van der Waals surface area contributed by atoms with Gasteiger partial charge in [-0.2, -0.15) is 0 Å². The van der Waals surface area contributed by atoms with Crippen LogP contribution < -0.4 is 0 Å². The Morgan fingerprint density at radius 1 is 0.577 bits per heavy atom. The molecule has 0 saturated carbocycles. The molecule has 0 aromatic carbocycles. The number of esters is 2. The Balaban J connectivity index is 2.26. The summed E-state index contributed by atoms with van der Waals surface area (Å²) in [6, 6.07) is 0. The van der Waals surface area contributed by atoms with Crippen LogP contribution in [0.25, 0.3) is 0 Å². The lowest BCUT2D eigenvalue weighted by Gasteiger charge is -2.39. The molecule has 0 radical (unpaired) electrons. The number of unbranched alkanes of at least 4 members (excludes halogenated alkanes) is 23. The highest BCUT2D eigenvalue weighted by Gasteiger charge is 2.32. The summed E-state index contributed by atoms with van der Waals surface area (Å²) in [4.78, 5) is 41.6. The van der Waals surface area contributed by atoms with Crippen LogP contribution in [0, 0.1) is 5.92 Å². The Hall–Kier alpha value is -2.09. The third-order valence-electron chi connectivity index (χ3n) is 10.1. The van der Waals surface area contributed by atoms with Crippen molar-refractivity contribution in [2.45, 2.75) is 200 Å². The van der Waals surface area contributed by atoms with Crippen molar-refractivity contribution in [3.63, 3.8) is 0 Å². The van der Waals surface area contributed by atoms with Crippen LogP contribution in [0.15, 0.2) is 12.2 Å². The molecule has 0 aromatic rings. The number of hydrogen-bond donors (Lipinski definition) is 0. The first-order valence-corrected chi connectivity index (χ1v) is 21.9. The fourth-order valence-electron chi connectivity index (χ4n) is 6.85. The highest BCUT2D eigenvalue weighted by atomic mass is 16.6. The predicted molar refractivity (Wildman–Crippen MR) is 216 cm³/mol. The number of carbonyl (C=O) groups is 3. The molecule has 52 heavy (non-hydrogen) atoms. The fraction of sp³-hybridized carbons (Fsp3) is 0.886. The molecule has 1 atom stereocenters. The predicted octanol–water partition coefficient (Wildman–Crippen LogP) is 11.6. The molecule has 1 heterocycles. The lowest BCUT2D eigenvalue weighted by Crippen LogP contribution is -2.53. The molecule has 8 nitrogen and oxygen atoms in total. The SMILES string of the molecule is CCCCCCCC/C=C\CCCCCCCC(=O)OC(COC(=O)CCCCCCCCCCCCCCC)COC(=O)N1CC(CN(C)C)C1. The molecule has 8 heteroatoms. The Morgan fingerprint density at radius 3 is 1.44 bits per heavy atom. The summed E-state index contributed by atoms with van der Waals surface area (Å²) in [6.07, 6.45) is 36.0. The third-order valence-corrected chi connectivity index (χ3v) is 10.1. The highest BCUT2D eigenvalue weighted by molar-refractivity contribution is 5.71. The summed E-state index contributed by atoms with van der Waals surface area (Å²) in [5, 5.41) is 0. The van der Waals surface area contributed by atoms with Gasteiger partial charge in [-0.05, 0) is 52.6 Å². The normalized spacial score (nSPS) is 13.8. The van der Waals surface area contributed by atoms with E-state index in [1.165, 1.54) is 116 Å². The minimum atomic E-state index is -0.797. The molecule has 0 spiro atoms. The minimum absolute atomic E-state index is 0.0913. The van der Waals surface area contributed by atoms with E-state index in [1.807, 2.05) is 14.1 Å². The van der Waals surface area contributed by atoms with Gasteiger partial charge in [0.05, 0.1) is 0 Å². The second-order valence-corrected chi connectivity index (χ2v) is 15.7. The van der Waals surface area contributed by atoms with E-state index in [9.17, 15) is 14.4 Å². The molecule has 304 valence electrons. The zero-order chi connectivity index (χ0) is 37.9. The molecule has 1 rings (SSSR count). The molecular weight excluding hydrogens is 652 g/mol. The first-order valence-electron chi connectivity index (χ1n) is 21.9. The van der Waals surface area contributed by atoms with E-state index < -0.39 is 12.2 Å². The second kappa shape index (κ2) is 34.7. The zero-order valence-electron chi connectivity index (χ0n) is 34.5. The smallest absolute Gasteiger partial charge is 0.409 e. The molecule has 1 aliphatic rings. The van der Waals surface area contributed by atoms with Crippen LogP contribution in [0.2, 0.25) is 0 Å². The topological polar surface area (TPSA) is 85.4 Å². The minimum Gasteiger partial charge on any atom is -0.462 e. The zero-order valence-corrected chi connectivity index (χ0v) is 34.5. The van der Waals surface area contributed by atoms with Crippen LogP contribution >= 0.6 is 0 Å². The molecule has 1 unspecified atom stereocenters. The first-order chi connectivity index (χ1) is 25.3. The van der Waals surface area contributed by atoms with E-state index in [1.54, 1.807) is 4.90 Å². The van der Waals surface area contributed by atoms with Gasteiger partial charge in [-0.1, -0.05) is 154 Å². The number of allylic oxidation sites excluding steroid dienone is 2. The lowest BCUT2D eigenvalue weighted by atomic mass is 10.0. The van der Waals surface area contributed by atoms with Gasteiger partial charge in [-0.15, -0.1) is 0 Å². The molecule has 0 aromatic heterocycles. The van der Waals surface area contributed by atoms with Crippen molar-refractivity contribution in [3.05, 3.63) is 12.2 Å². The van der Waals surface area contributed by atoms with Crippen molar-refractivity contribution in [1.82, 2.24) is 9.80 Å². The molecule has 0 N–H and O–H groups in total. The number of carbonyl (C=O) groups excluding carboxylic acids is 3. The van der Waals surface area contributed by atoms with Gasteiger partial charge in [-0.25, -0.2) is 4.79 Å². The quantitative estimate of drug-likeness (QED) is 0.0274. The van der Waals surface area contributed by atoms with E-state index >= 15 is 0 Å². The van der Waals surface area contributed by atoms with Crippen LogP contribution in [-0.2, 0) is 23.8 Å². The molecule has 1 aliphatic heterocycles. The molecule has 1 fully saturated rings. The standard InChI is InChI=1S/C44H82N2O6/c1-5-7-9-11-13-15-17-19-20-22-24-26-28-30-32-34-43(48)52-41(39-51-44(49)46-36-40(37-46)35-45(3)4)38-50-42(47)33-31-29-27-25-23-21-18-16-14-12-10-8-6-2/h19-20,40-41H,5-18,21-39H2,1-4H3/b20-19-. The number of rotatable bonds is 36. The van der Waals surface area contributed by atoms with Crippen molar-refractivity contribution in [2.75, 3.05) is 46.9 Å². The van der Waals surface area contributed by atoms with Crippen molar-refractivity contribution < 1.29 is 28.6 Å². The van der Waals surface area contributed by atoms with Crippen molar-refractivity contribution in [3.8, 4) is 0 Å². The molecule has 0 bridgehead atoms. The van der Waals surface area contributed by atoms with Crippen molar-refractivity contribution in [1.29, 1.82) is 0 Å². The van der Waals surface area contributed by atoms with Gasteiger partial charge in [0.25, 0.3) is 0 Å². The van der Waals surface area contributed by atoms with E-state index in [0.29, 0.717) is 31.8 Å². The number of likely N-dealkylation sites (tertiary alicyclic amines) is 1. The summed E-state index contributed by atoms with van der Waals surface area (Å²) in [5.41, 5.74) is 0. The number of amides is 1. The van der Waals surface area contributed by atoms with E-state index in [2.05, 4.69) is 30.9 Å². The molecular formula is C44H82N2O6. The monoisotopic (exact) mass is 735 g/mol. The Kier molecular flexibility index (Phi) is 32.0. The maximum absolute atomic E-state index is 12.7. The van der Waals surface area contributed by atoms with Crippen molar-refractivity contribution >= 4 is 18.0 Å². The van der Waals surface area contributed by atoms with Gasteiger partial charge in [-0.3, -0.25) is 9.59 Å². The highest BCUT2D eigenvalue weighted by Crippen LogP contribution is 2.18. The number of nitrogens with zero attached hydrogens (tertiary/aromatic N) is 2. The largest absolute Gasteiger partial charge is 0.462 e. The van der Waals surface area contributed by atoms with Gasteiger partial charge >= 0.3 is 18.0 Å². The van der Waals surface area contributed by atoms with Gasteiger partial charge < -0.3 is 24.0 Å². The maximum atomic E-state index is 12.7. The van der Waals surface area contributed by atoms with E-state index in [0.717, 1.165) is 57.9 Å². The molecule has 0 aliphatic carbocycles. The second-order valence-electron chi connectivity index (χ2n) is 15.7. The Labute approximate surface area is 320 Å². The average molecular weight is 735 g/mol. The van der Waals surface area contributed by atoms with E-state index in [4.69, 9.17) is 14.2 Å². The van der Waals surface area contributed by atoms with Crippen LogP contribution in [0.4, 0.5) is 4.79 Å². The summed E-state index contributed by atoms with van der Waals surface area (Å²) in [5.74, 6) is -0.184. The maximum Gasteiger partial charge on any atom is 0.409 e. The fourth-order valence-corrected chi connectivity index (χ4v) is 6.85. The summed E-state index contributed by atoms with van der Waals surface area (Å²) in [6.45, 7) is 6.56. The van der Waals surface area contributed by atoms with Crippen LogP contribution in [0.1, 0.15) is 194 Å². The molecule has 1 amide bonds. The van der Waals surface area contributed by atoms with Crippen LogP contribution in [0.5, 0.6) is 0 Å². The van der Waals surface area contributed by atoms with Crippen LogP contribution in [-0.4, -0.2) is 80.9 Å². The number of ether oxygens (including phenoxy) is 3. The van der Waals surface area contributed by atoms with Gasteiger partial charge in [0.1, 0.15) is 13.2 Å². The van der Waals surface area contributed by atoms with Gasteiger partial charge in [0.15, 0.2) is 6.10 Å².